The number of nitrogens with one attached hydrogen (secondary N) is 2. The first-order valence-electron chi connectivity index (χ1n) is 9.39. The fourth-order valence-electron chi connectivity index (χ4n) is 3.29. The smallest absolute Gasteiger partial charge is 0.212 e. The molecule has 0 atom stereocenters. The quantitative estimate of drug-likeness (QED) is 0.643. The summed E-state index contributed by atoms with van der Waals surface area (Å²) in [7, 11) is -5.27. The Kier molecular flexibility index (Phi) is 7.82. The zero-order valence-corrected chi connectivity index (χ0v) is 17.9. The first-order chi connectivity index (χ1) is 12.6. The highest BCUT2D eigenvalue weighted by Crippen LogP contribution is 2.23. The Balaban J connectivity index is 1.92. The second-order valence-electron chi connectivity index (χ2n) is 7.48. The van der Waals surface area contributed by atoms with Crippen LogP contribution in [0.5, 0.6) is 0 Å². The molecule has 1 aliphatic rings. The molecule has 27 heavy (non-hydrogen) atoms. The standard InChI is InChI=1S/C18H31N3O4S2/c1-15(2)20-26(22,23)14-17-11-9-16(10-12-17)13-19-27(24,25)21(3)18-7-5-4-6-8-18/h9-12,15,18-20H,4-8,13-14H2,1-3H3. The van der Waals surface area contributed by atoms with Gasteiger partial charge in [-0.2, -0.15) is 17.4 Å². The first kappa shape index (κ1) is 22.3. The molecule has 0 amide bonds. The van der Waals surface area contributed by atoms with Crippen molar-refractivity contribution in [1.29, 1.82) is 0 Å². The largest absolute Gasteiger partial charge is 0.279 e. The Morgan fingerprint density at radius 2 is 1.56 bits per heavy atom. The van der Waals surface area contributed by atoms with Crippen molar-refractivity contribution in [2.24, 2.45) is 0 Å². The molecule has 2 N–H and O–H groups in total. The van der Waals surface area contributed by atoms with Gasteiger partial charge in [0.05, 0.1) is 5.75 Å². The summed E-state index contributed by atoms with van der Waals surface area (Å²) in [5.74, 6) is -0.0956. The summed E-state index contributed by atoms with van der Waals surface area (Å²) < 4.78 is 55.5. The van der Waals surface area contributed by atoms with Crippen LogP contribution in [-0.4, -0.2) is 40.3 Å². The molecule has 0 aromatic heterocycles. The lowest BCUT2D eigenvalue weighted by molar-refractivity contribution is 0.283. The third-order valence-electron chi connectivity index (χ3n) is 4.72. The van der Waals surface area contributed by atoms with Crippen LogP contribution in [0.15, 0.2) is 24.3 Å². The molecular weight excluding hydrogens is 386 g/mol. The topological polar surface area (TPSA) is 95.6 Å². The van der Waals surface area contributed by atoms with Crippen molar-refractivity contribution in [3.05, 3.63) is 35.4 Å². The van der Waals surface area contributed by atoms with Crippen LogP contribution in [0.4, 0.5) is 0 Å². The average molecular weight is 418 g/mol. The summed E-state index contributed by atoms with van der Waals surface area (Å²) >= 11 is 0. The summed E-state index contributed by atoms with van der Waals surface area (Å²) in [4.78, 5) is 0. The predicted molar refractivity (Wildman–Crippen MR) is 108 cm³/mol. The molecule has 2 rings (SSSR count). The van der Waals surface area contributed by atoms with E-state index < -0.39 is 20.2 Å². The molecule has 0 unspecified atom stereocenters. The number of hydrogen-bond acceptors (Lipinski definition) is 4. The maximum Gasteiger partial charge on any atom is 0.279 e. The van der Waals surface area contributed by atoms with Crippen molar-refractivity contribution in [3.63, 3.8) is 0 Å². The van der Waals surface area contributed by atoms with E-state index in [4.69, 9.17) is 0 Å². The van der Waals surface area contributed by atoms with Crippen LogP contribution in [0.2, 0.25) is 0 Å². The van der Waals surface area contributed by atoms with Crippen LogP contribution < -0.4 is 9.44 Å². The molecule has 0 aliphatic heterocycles. The van der Waals surface area contributed by atoms with Gasteiger partial charge < -0.3 is 0 Å². The second-order valence-corrected chi connectivity index (χ2v) is 11.1. The molecule has 0 spiro atoms. The zero-order valence-electron chi connectivity index (χ0n) is 16.3. The zero-order chi connectivity index (χ0) is 20.1. The van der Waals surface area contributed by atoms with Crippen LogP contribution >= 0.6 is 0 Å². The third kappa shape index (κ3) is 7.15. The maximum absolute atomic E-state index is 12.5. The molecule has 0 bridgehead atoms. The summed E-state index contributed by atoms with van der Waals surface area (Å²) in [6, 6.07) is 6.86. The van der Waals surface area contributed by atoms with Gasteiger partial charge in [-0.25, -0.2) is 13.1 Å². The molecule has 0 heterocycles. The average Bonchev–Trinajstić information content (AvgIpc) is 2.60. The van der Waals surface area contributed by atoms with Gasteiger partial charge in [0.1, 0.15) is 0 Å². The summed E-state index contributed by atoms with van der Waals surface area (Å²) in [5.41, 5.74) is 1.45. The Hall–Kier alpha value is -1.00. The van der Waals surface area contributed by atoms with E-state index >= 15 is 0 Å². The van der Waals surface area contributed by atoms with Gasteiger partial charge in [0.25, 0.3) is 10.2 Å². The fourth-order valence-corrected chi connectivity index (χ4v) is 5.88. The van der Waals surface area contributed by atoms with Crippen molar-refractivity contribution in [3.8, 4) is 0 Å². The second kappa shape index (κ2) is 9.47. The molecule has 0 radical (unpaired) electrons. The van der Waals surface area contributed by atoms with Crippen LogP contribution in [-0.2, 0) is 32.5 Å². The molecule has 1 saturated carbocycles. The minimum atomic E-state index is -3.53. The summed E-state index contributed by atoms with van der Waals surface area (Å²) in [6.07, 6.45) is 5.13. The number of benzene rings is 1. The van der Waals surface area contributed by atoms with Gasteiger partial charge in [-0.15, -0.1) is 0 Å². The number of sulfonamides is 1. The van der Waals surface area contributed by atoms with Crippen LogP contribution in [0.3, 0.4) is 0 Å². The lowest BCUT2D eigenvalue weighted by Gasteiger charge is -2.30. The monoisotopic (exact) mass is 417 g/mol. The van der Waals surface area contributed by atoms with Crippen molar-refractivity contribution in [1.82, 2.24) is 13.7 Å². The molecule has 7 nitrogen and oxygen atoms in total. The van der Waals surface area contributed by atoms with Gasteiger partial charge >= 0.3 is 0 Å². The van der Waals surface area contributed by atoms with E-state index in [1.54, 1.807) is 45.2 Å². The van der Waals surface area contributed by atoms with E-state index in [1.165, 1.54) is 10.7 Å². The van der Waals surface area contributed by atoms with E-state index in [2.05, 4.69) is 9.44 Å². The normalized spacial score (nSPS) is 16.9. The van der Waals surface area contributed by atoms with Crippen molar-refractivity contribution in [2.45, 2.75) is 70.3 Å². The Bertz CT molecular complexity index is 800. The highest BCUT2D eigenvalue weighted by molar-refractivity contribution is 7.88. The van der Waals surface area contributed by atoms with E-state index in [0.717, 1.165) is 31.2 Å². The number of nitrogens with zero attached hydrogens (tertiary/aromatic N) is 1. The number of rotatable bonds is 9. The van der Waals surface area contributed by atoms with Gasteiger partial charge in [-0.1, -0.05) is 43.5 Å². The van der Waals surface area contributed by atoms with E-state index in [1.807, 2.05) is 0 Å². The van der Waals surface area contributed by atoms with Gasteiger partial charge in [0.15, 0.2) is 0 Å². The van der Waals surface area contributed by atoms with Gasteiger partial charge in [0, 0.05) is 25.7 Å². The highest BCUT2D eigenvalue weighted by atomic mass is 32.2. The summed E-state index contributed by atoms with van der Waals surface area (Å²) in [5, 5.41) is 0. The summed E-state index contributed by atoms with van der Waals surface area (Å²) in [6.45, 7) is 3.73. The van der Waals surface area contributed by atoms with E-state index in [0.29, 0.717) is 5.56 Å². The minimum Gasteiger partial charge on any atom is -0.212 e. The van der Waals surface area contributed by atoms with Crippen molar-refractivity contribution >= 4 is 20.2 Å². The van der Waals surface area contributed by atoms with E-state index in [-0.39, 0.29) is 24.4 Å². The predicted octanol–water partition coefficient (Wildman–Crippen LogP) is 2.11. The molecule has 1 aromatic carbocycles. The Morgan fingerprint density at radius 3 is 2.11 bits per heavy atom. The van der Waals surface area contributed by atoms with Crippen LogP contribution in [0.1, 0.15) is 57.1 Å². The van der Waals surface area contributed by atoms with Crippen molar-refractivity contribution in [2.75, 3.05) is 7.05 Å². The maximum atomic E-state index is 12.5. The molecule has 1 aliphatic carbocycles. The Labute approximate surface area is 163 Å². The lowest BCUT2D eigenvalue weighted by atomic mass is 9.96. The van der Waals surface area contributed by atoms with E-state index in [9.17, 15) is 16.8 Å². The van der Waals surface area contributed by atoms with Crippen LogP contribution in [0.25, 0.3) is 0 Å². The Morgan fingerprint density at radius 1 is 1.00 bits per heavy atom. The molecule has 0 saturated heterocycles. The van der Waals surface area contributed by atoms with Crippen LogP contribution in [0, 0.1) is 0 Å². The highest BCUT2D eigenvalue weighted by Gasteiger charge is 2.27. The van der Waals surface area contributed by atoms with Gasteiger partial charge in [-0.3, -0.25) is 0 Å². The molecule has 9 heteroatoms. The fraction of sp³-hybridized carbons (Fsp3) is 0.667. The molecule has 1 fully saturated rings. The SMILES string of the molecule is CC(C)NS(=O)(=O)Cc1ccc(CNS(=O)(=O)N(C)C2CCCCC2)cc1. The lowest BCUT2D eigenvalue weighted by Crippen LogP contribution is -2.44. The molecule has 154 valence electrons. The van der Waals surface area contributed by atoms with Crippen molar-refractivity contribution < 1.29 is 16.8 Å². The van der Waals surface area contributed by atoms with Gasteiger partial charge in [-0.05, 0) is 37.8 Å². The minimum absolute atomic E-state index is 0.0669. The molecular formula is C18H31N3O4S2. The first-order valence-corrected chi connectivity index (χ1v) is 12.5. The number of hydrogen-bond donors (Lipinski definition) is 2. The molecule has 1 aromatic rings. The van der Waals surface area contributed by atoms with Gasteiger partial charge in [0.2, 0.25) is 10.0 Å². The third-order valence-corrected chi connectivity index (χ3v) is 7.83.